The Bertz CT molecular complexity index is 933. The van der Waals surface area contributed by atoms with Crippen LogP contribution in [-0.4, -0.2) is 13.4 Å². The SMILES string of the molecule is O=S(=O)(Nc1cccc2ncccc12)c1c(F)cccc1F. The highest BCUT2D eigenvalue weighted by atomic mass is 32.2. The van der Waals surface area contributed by atoms with Gasteiger partial charge in [-0.15, -0.1) is 0 Å². The zero-order valence-electron chi connectivity index (χ0n) is 11.1. The molecule has 4 nitrogen and oxygen atoms in total. The highest BCUT2D eigenvalue weighted by Gasteiger charge is 2.24. The molecule has 2 aromatic carbocycles. The van der Waals surface area contributed by atoms with Crippen LogP contribution in [0, 0.1) is 11.6 Å². The summed E-state index contributed by atoms with van der Waals surface area (Å²) >= 11 is 0. The quantitative estimate of drug-likeness (QED) is 0.805. The lowest BCUT2D eigenvalue weighted by molar-refractivity contribution is 0.521. The Labute approximate surface area is 125 Å². The van der Waals surface area contributed by atoms with Crippen LogP contribution >= 0.6 is 0 Å². The summed E-state index contributed by atoms with van der Waals surface area (Å²) in [6.07, 6.45) is 1.57. The molecule has 1 heterocycles. The van der Waals surface area contributed by atoms with Crippen LogP contribution in [0.3, 0.4) is 0 Å². The van der Waals surface area contributed by atoms with Gasteiger partial charge >= 0.3 is 0 Å². The molecule has 0 atom stereocenters. The van der Waals surface area contributed by atoms with Gasteiger partial charge in [0.1, 0.15) is 11.6 Å². The van der Waals surface area contributed by atoms with Crippen molar-refractivity contribution in [3.05, 3.63) is 66.4 Å². The monoisotopic (exact) mass is 320 g/mol. The highest BCUT2D eigenvalue weighted by Crippen LogP contribution is 2.26. The van der Waals surface area contributed by atoms with Crippen molar-refractivity contribution in [2.45, 2.75) is 4.90 Å². The van der Waals surface area contributed by atoms with Gasteiger partial charge in [0.25, 0.3) is 10.0 Å². The Morgan fingerprint density at radius 2 is 1.59 bits per heavy atom. The van der Waals surface area contributed by atoms with Gasteiger partial charge in [0.15, 0.2) is 4.90 Å². The predicted molar refractivity (Wildman–Crippen MR) is 78.9 cm³/mol. The van der Waals surface area contributed by atoms with E-state index in [0.29, 0.717) is 10.9 Å². The second-order valence-corrected chi connectivity index (χ2v) is 6.15. The van der Waals surface area contributed by atoms with E-state index in [9.17, 15) is 17.2 Å². The van der Waals surface area contributed by atoms with E-state index in [-0.39, 0.29) is 5.69 Å². The third-order valence-electron chi connectivity index (χ3n) is 3.08. The van der Waals surface area contributed by atoms with Crippen LogP contribution in [-0.2, 0) is 10.0 Å². The number of anilines is 1. The van der Waals surface area contributed by atoms with Crippen LogP contribution in [0.15, 0.2) is 59.6 Å². The van der Waals surface area contributed by atoms with Gasteiger partial charge in [0.05, 0.1) is 11.2 Å². The van der Waals surface area contributed by atoms with Gasteiger partial charge < -0.3 is 0 Å². The van der Waals surface area contributed by atoms with E-state index in [4.69, 9.17) is 0 Å². The number of hydrogen-bond donors (Lipinski definition) is 1. The van der Waals surface area contributed by atoms with Crippen LogP contribution in [0.5, 0.6) is 0 Å². The van der Waals surface area contributed by atoms with Crippen molar-refractivity contribution in [1.82, 2.24) is 4.98 Å². The van der Waals surface area contributed by atoms with Crippen molar-refractivity contribution >= 4 is 26.6 Å². The normalized spacial score (nSPS) is 11.5. The molecule has 0 spiro atoms. The average molecular weight is 320 g/mol. The molecule has 7 heteroatoms. The number of benzene rings is 2. The molecule has 0 aliphatic heterocycles. The minimum atomic E-state index is -4.39. The Balaban J connectivity index is 2.12. The summed E-state index contributed by atoms with van der Waals surface area (Å²) in [6, 6.07) is 11.0. The summed E-state index contributed by atoms with van der Waals surface area (Å²) in [5.41, 5.74) is 0.768. The van der Waals surface area contributed by atoms with Crippen molar-refractivity contribution in [3.63, 3.8) is 0 Å². The third-order valence-corrected chi connectivity index (χ3v) is 4.49. The van der Waals surface area contributed by atoms with Crippen molar-refractivity contribution in [2.75, 3.05) is 4.72 Å². The fraction of sp³-hybridized carbons (Fsp3) is 0. The van der Waals surface area contributed by atoms with Crippen molar-refractivity contribution in [3.8, 4) is 0 Å². The van der Waals surface area contributed by atoms with E-state index in [1.165, 1.54) is 6.07 Å². The summed E-state index contributed by atoms with van der Waals surface area (Å²) in [4.78, 5) is 3.09. The maximum atomic E-state index is 13.7. The Kier molecular flexibility index (Phi) is 3.50. The van der Waals surface area contributed by atoms with Gasteiger partial charge in [0.2, 0.25) is 0 Å². The summed E-state index contributed by atoms with van der Waals surface area (Å²) in [7, 11) is -4.39. The average Bonchev–Trinajstić information content (AvgIpc) is 2.47. The maximum absolute atomic E-state index is 13.7. The minimum absolute atomic E-state index is 0.202. The molecule has 1 aromatic heterocycles. The van der Waals surface area contributed by atoms with E-state index in [1.54, 1.807) is 30.5 Å². The number of nitrogens with zero attached hydrogens (tertiary/aromatic N) is 1. The number of pyridine rings is 1. The van der Waals surface area contributed by atoms with Crippen LogP contribution in [0.25, 0.3) is 10.9 Å². The van der Waals surface area contributed by atoms with Gasteiger partial charge in [-0.2, -0.15) is 0 Å². The molecule has 3 rings (SSSR count). The first-order chi connectivity index (χ1) is 10.5. The summed E-state index contributed by atoms with van der Waals surface area (Å²) in [6.45, 7) is 0. The molecule has 1 N–H and O–H groups in total. The molecule has 22 heavy (non-hydrogen) atoms. The zero-order valence-corrected chi connectivity index (χ0v) is 11.9. The topological polar surface area (TPSA) is 59.1 Å². The Morgan fingerprint density at radius 3 is 2.32 bits per heavy atom. The smallest absolute Gasteiger partial charge is 0.267 e. The zero-order chi connectivity index (χ0) is 15.7. The van der Waals surface area contributed by atoms with E-state index in [1.807, 2.05) is 0 Å². The number of hydrogen-bond acceptors (Lipinski definition) is 3. The summed E-state index contributed by atoms with van der Waals surface area (Å²) < 4.78 is 54.1. The molecule has 0 radical (unpaired) electrons. The molecule has 0 saturated heterocycles. The molecule has 3 aromatic rings. The van der Waals surface area contributed by atoms with Gasteiger partial charge in [-0.3, -0.25) is 9.71 Å². The Morgan fingerprint density at radius 1 is 0.909 bits per heavy atom. The van der Waals surface area contributed by atoms with Gasteiger partial charge in [-0.05, 0) is 36.4 Å². The van der Waals surface area contributed by atoms with E-state index >= 15 is 0 Å². The van der Waals surface area contributed by atoms with E-state index < -0.39 is 26.6 Å². The molecule has 0 bridgehead atoms. The first-order valence-corrected chi connectivity index (χ1v) is 7.78. The highest BCUT2D eigenvalue weighted by molar-refractivity contribution is 7.92. The molecular weight excluding hydrogens is 310 g/mol. The standard InChI is InChI=1S/C15H10F2N2O2S/c16-11-5-1-6-12(17)15(11)22(20,21)19-14-8-2-7-13-10(14)4-3-9-18-13/h1-9,19H. The van der Waals surface area contributed by atoms with Gasteiger partial charge in [0, 0.05) is 11.6 Å². The lowest BCUT2D eigenvalue weighted by atomic mass is 10.2. The van der Waals surface area contributed by atoms with Crippen LogP contribution in [0.2, 0.25) is 0 Å². The summed E-state index contributed by atoms with van der Waals surface area (Å²) in [5, 5.41) is 0.533. The number of aromatic nitrogens is 1. The molecule has 0 fully saturated rings. The predicted octanol–water partition coefficient (Wildman–Crippen LogP) is 3.31. The van der Waals surface area contributed by atoms with Crippen LogP contribution in [0.4, 0.5) is 14.5 Å². The van der Waals surface area contributed by atoms with E-state index in [2.05, 4.69) is 9.71 Å². The first-order valence-electron chi connectivity index (χ1n) is 6.29. The lowest BCUT2D eigenvalue weighted by Gasteiger charge is -2.11. The molecular formula is C15H10F2N2O2S. The number of sulfonamides is 1. The van der Waals surface area contributed by atoms with Crippen LogP contribution < -0.4 is 4.72 Å². The van der Waals surface area contributed by atoms with Crippen molar-refractivity contribution in [2.24, 2.45) is 0 Å². The number of nitrogens with one attached hydrogen (secondary N) is 1. The second-order valence-electron chi connectivity index (χ2n) is 4.53. The molecule has 112 valence electrons. The second kappa shape index (κ2) is 5.34. The Hall–Kier alpha value is -2.54. The third kappa shape index (κ3) is 2.50. The van der Waals surface area contributed by atoms with Crippen molar-refractivity contribution in [1.29, 1.82) is 0 Å². The van der Waals surface area contributed by atoms with Gasteiger partial charge in [-0.1, -0.05) is 12.1 Å². The number of rotatable bonds is 3. The first kappa shape index (κ1) is 14.4. The molecule has 0 amide bonds. The molecule has 0 aliphatic rings. The number of fused-ring (bicyclic) bond motifs is 1. The van der Waals surface area contributed by atoms with Gasteiger partial charge in [-0.25, -0.2) is 17.2 Å². The molecule has 0 saturated carbocycles. The van der Waals surface area contributed by atoms with Crippen LogP contribution in [0.1, 0.15) is 0 Å². The molecule has 0 aliphatic carbocycles. The lowest BCUT2D eigenvalue weighted by Crippen LogP contribution is -2.16. The maximum Gasteiger partial charge on any atom is 0.267 e. The largest absolute Gasteiger partial charge is 0.279 e. The van der Waals surface area contributed by atoms with E-state index in [0.717, 1.165) is 18.2 Å². The molecule has 0 unspecified atom stereocenters. The fourth-order valence-electron chi connectivity index (χ4n) is 2.13. The number of halogens is 2. The fourth-order valence-corrected chi connectivity index (χ4v) is 3.35. The summed E-state index contributed by atoms with van der Waals surface area (Å²) in [5.74, 6) is -2.29. The van der Waals surface area contributed by atoms with Crippen molar-refractivity contribution < 1.29 is 17.2 Å². The minimum Gasteiger partial charge on any atom is -0.279 e.